The van der Waals surface area contributed by atoms with Crippen molar-refractivity contribution in [3.8, 4) is 11.1 Å². The van der Waals surface area contributed by atoms with Crippen LogP contribution in [0.25, 0.3) is 22.0 Å². The van der Waals surface area contributed by atoms with E-state index in [0.717, 1.165) is 35.9 Å². The smallest absolute Gasteiger partial charge is 0.267 e. The van der Waals surface area contributed by atoms with Gasteiger partial charge in [-0.2, -0.15) is 0 Å². The number of benzene rings is 2. The van der Waals surface area contributed by atoms with Gasteiger partial charge in [0.05, 0.1) is 0 Å². The quantitative estimate of drug-likeness (QED) is 0.484. The van der Waals surface area contributed by atoms with Crippen LogP contribution in [0, 0.1) is 6.92 Å². The number of nitrogens with one attached hydrogen (secondary N) is 3. The van der Waals surface area contributed by atoms with E-state index in [4.69, 9.17) is 5.73 Å². The molecule has 5 nitrogen and oxygen atoms in total. The van der Waals surface area contributed by atoms with Gasteiger partial charge in [-0.3, -0.25) is 4.79 Å². The minimum Gasteiger partial charge on any atom is -0.351 e. The zero-order valence-corrected chi connectivity index (χ0v) is 17.0. The van der Waals surface area contributed by atoms with Gasteiger partial charge in [0.1, 0.15) is 5.69 Å². The Labute approximate surface area is 172 Å². The first-order chi connectivity index (χ1) is 14.1. The van der Waals surface area contributed by atoms with E-state index in [0.29, 0.717) is 24.3 Å². The van der Waals surface area contributed by atoms with Gasteiger partial charge in [0.15, 0.2) is 0 Å². The minimum atomic E-state index is -0.0692. The van der Waals surface area contributed by atoms with Crippen molar-refractivity contribution >= 4 is 16.8 Å². The Morgan fingerprint density at radius 1 is 1.07 bits per heavy atom. The fourth-order valence-corrected chi connectivity index (χ4v) is 4.14. The van der Waals surface area contributed by atoms with Gasteiger partial charge in [-0.1, -0.05) is 48.4 Å². The number of aromatic nitrogens is 1. The number of H-pyrrole nitrogens is 1. The number of hydrogen-bond donors (Lipinski definition) is 4. The van der Waals surface area contributed by atoms with Gasteiger partial charge in [-0.15, -0.1) is 0 Å². The third-order valence-electron chi connectivity index (χ3n) is 5.81. The van der Waals surface area contributed by atoms with E-state index in [2.05, 4.69) is 65.0 Å². The molecular formula is C24H30N4O. The summed E-state index contributed by atoms with van der Waals surface area (Å²) < 4.78 is 0. The van der Waals surface area contributed by atoms with Gasteiger partial charge in [0, 0.05) is 36.1 Å². The molecule has 4 rings (SSSR count). The predicted octanol–water partition coefficient (Wildman–Crippen LogP) is 3.73. The minimum absolute atomic E-state index is 0.0692. The molecule has 152 valence electrons. The van der Waals surface area contributed by atoms with Crippen molar-refractivity contribution in [2.24, 2.45) is 5.73 Å². The van der Waals surface area contributed by atoms with Crippen molar-refractivity contribution in [1.82, 2.24) is 15.6 Å². The fraction of sp³-hybridized carbons (Fsp3) is 0.375. The van der Waals surface area contributed by atoms with Crippen molar-refractivity contribution in [2.45, 2.75) is 44.7 Å². The number of carbonyl (C=O) groups excluding carboxylic acids is 1. The zero-order valence-electron chi connectivity index (χ0n) is 17.0. The maximum absolute atomic E-state index is 12.5. The molecule has 1 fully saturated rings. The van der Waals surface area contributed by atoms with Gasteiger partial charge < -0.3 is 21.4 Å². The Balaban J connectivity index is 1.35. The van der Waals surface area contributed by atoms with Gasteiger partial charge >= 0.3 is 0 Å². The van der Waals surface area contributed by atoms with Gasteiger partial charge in [0.2, 0.25) is 0 Å². The first-order valence-corrected chi connectivity index (χ1v) is 10.6. The number of fused-ring (bicyclic) bond motifs is 1. The van der Waals surface area contributed by atoms with E-state index in [1.165, 1.54) is 24.0 Å². The molecule has 1 amide bonds. The average molecular weight is 391 g/mol. The summed E-state index contributed by atoms with van der Waals surface area (Å²) in [6, 6.07) is 17.4. The summed E-state index contributed by atoms with van der Waals surface area (Å²) in [5, 5.41) is 7.55. The molecule has 1 aromatic heterocycles. The number of carbonyl (C=O) groups is 1. The Morgan fingerprint density at radius 3 is 2.66 bits per heavy atom. The second kappa shape index (κ2) is 8.80. The highest BCUT2D eigenvalue weighted by molar-refractivity contribution is 5.98. The first-order valence-electron chi connectivity index (χ1n) is 10.6. The van der Waals surface area contributed by atoms with Crippen LogP contribution >= 0.6 is 0 Å². The molecule has 5 heteroatoms. The summed E-state index contributed by atoms with van der Waals surface area (Å²) in [6.45, 7) is 3.46. The lowest BCUT2D eigenvalue weighted by Gasteiger charge is -2.27. The number of hydrogen-bond acceptors (Lipinski definition) is 3. The van der Waals surface area contributed by atoms with Crippen LogP contribution in [-0.2, 0) is 0 Å². The summed E-state index contributed by atoms with van der Waals surface area (Å²) in [6.07, 6.45) is 4.51. The Bertz CT molecular complexity index is 976. The molecule has 1 heterocycles. The molecule has 5 N–H and O–H groups in total. The second-order valence-corrected chi connectivity index (χ2v) is 8.18. The molecule has 1 saturated carbocycles. The van der Waals surface area contributed by atoms with Crippen molar-refractivity contribution in [2.75, 3.05) is 13.1 Å². The molecule has 3 aromatic rings. The SMILES string of the molecule is Cc1ccc(-c2ccc3cc(C(=O)NCCNC4CCCC(N)C4)[nH]c3c2)cc1. The zero-order chi connectivity index (χ0) is 20.2. The van der Waals surface area contributed by atoms with Gasteiger partial charge in [-0.05, 0) is 49.4 Å². The molecule has 0 radical (unpaired) electrons. The number of aromatic amines is 1. The molecule has 1 aliphatic rings. The number of nitrogens with two attached hydrogens (primary N) is 1. The Morgan fingerprint density at radius 2 is 1.86 bits per heavy atom. The highest BCUT2D eigenvalue weighted by atomic mass is 16.1. The molecule has 2 atom stereocenters. The first kappa shape index (κ1) is 19.7. The number of aryl methyl sites for hydroxylation is 1. The highest BCUT2D eigenvalue weighted by Crippen LogP contribution is 2.25. The largest absolute Gasteiger partial charge is 0.351 e. The molecule has 0 aliphatic heterocycles. The number of amides is 1. The van der Waals surface area contributed by atoms with Crippen LogP contribution in [0.3, 0.4) is 0 Å². The molecule has 0 bridgehead atoms. The Kier molecular flexibility index (Phi) is 5.97. The molecule has 2 unspecified atom stereocenters. The van der Waals surface area contributed by atoms with E-state index >= 15 is 0 Å². The van der Waals surface area contributed by atoms with E-state index < -0.39 is 0 Å². The van der Waals surface area contributed by atoms with Crippen LogP contribution < -0.4 is 16.4 Å². The Hall–Kier alpha value is -2.63. The predicted molar refractivity (Wildman–Crippen MR) is 119 cm³/mol. The summed E-state index contributed by atoms with van der Waals surface area (Å²) in [7, 11) is 0. The van der Waals surface area contributed by atoms with E-state index in [9.17, 15) is 4.79 Å². The molecule has 2 aromatic carbocycles. The van der Waals surface area contributed by atoms with Crippen LogP contribution in [0.15, 0.2) is 48.5 Å². The fourth-order valence-electron chi connectivity index (χ4n) is 4.14. The van der Waals surface area contributed by atoms with E-state index in [1.807, 2.05) is 6.07 Å². The lowest BCUT2D eigenvalue weighted by Crippen LogP contribution is -2.42. The molecule has 0 saturated heterocycles. The number of rotatable bonds is 6. The maximum atomic E-state index is 12.5. The summed E-state index contributed by atoms with van der Waals surface area (Å²) in [4.78, 5) is 15.8. The van der Waals surface area contributed by atoms with E-state index in [-0.39, 0.29) is 5.91 Å². The summed E-state index contributed by atoms with van der Waals surface area (Å²) in [5.74, 6) is -0.0692. The summed E-state index contributed by atoms with van der Waals surface area (Å²) in [5.41, 5.74) is 11.2. The van der Waals surface area contributed by atoms with Crippen LogP contribution in [-0.4, -0.2) is 36.1 Å². The second-order valence-electron chi connectivity index (χ2n) is 8.18. The molecule has 1 aliphatic carbocycles. The van der Waals surface area contributed by atoms with E-state index in [1.54, 1.807) is 0 Å². The van der Waals surface area contributed by atoms with Gasteiger partial charge in [-0.25, -0.2) is 0 Å². The molecule has 29 heavy (non-hydrogen) atoms. The topological polar surface area (TPSA) is 82.9 Å². The van der Waals surface area contributed by atoms with Crippen molar-refractivity contribution < 1.29 is 4.79 Å². The molecular weight excluding hydrogens is 360 g/mol. The van der Waals surface area contributed by atoms with Crippen LogP contribution in [0.4, 0.5) is 0 Å². The maximum Gasteiger partial charge on any atom is 0.267 e. The average Bonchev–Trinajstić information content (AvgIpc) is 3.15. The van der Waals surface area contributed by atoms with Crippen LogP contribution in [0.2, 0.25) is 0 Å². The standard InChI is InChI=1S/C24H30N4O/c1-16-5-7-17(8-6-16)18-9-10-19-14-23(28-22(19)13-18)24(29)27-12-11-26-21-4-2-3-20(25)15-21/h5-10,13-14,20-21,26,28H,2-4,11-12,15,25H2,1H3,(H,27,29). The van der Waals surface area contributed by atoms with Crippen LogP contribution in [0.5, 0.6) is 0 Å². The lowest BCUT2D eigenvalue weighted by atomic mass is 9.92. The van der Waals surface area contributed by atoms with Crippen LogP contribution in [0.1, 0.15) is 41.7 Å². The van der Waals surface area contributed by atoms with Gasteiger partial charge in [0.25, 0.3) is 5.91 Å². The van der Waals surface area contributed by atoms with Crippen molar-refractivity contribution in [1.29, 1.82) is 0 Å². The monoisotopic (exact) mass is 390 g/mol. The third kappa shape index (κ3) is 4.86. The van der Waals surface area contributed by atoms with Crippen molar-refractivity contribution in [3.63, 3.8) is 0 Å². The third-order valence-corrected chi connectivity index (χ3v) is 5.81. The lowest BCUT2D eigenvalue weighted by molar-refractivity contribution is 0.0949. The van der Waals surface area contributed by atoms with Crippen molar-refractivity contribution in [3.05, 3.63) is 59.8 Å². The normalized spacial score (nSPS) is 19.4. The highest BCUT2D eigenvalue weighted by Gasteiger charge is 2.18. The summed E-state index contributed by atoms with van der Waals surface area (Å²) >= 11 is 0. The molecule has 0 spiro atoms.